The molecule has 0 spiro atoms. The first kappa shape index (κ1) is 19.5. The molecule has 0 saturated heterocycles. The van der Waals surface area contributed by atoms with Crippen LogP contribution in [0.4, 0.5) is 0 Å². The van der Waals surface area contributed by atoms with Gasteiger partial charge in [-0.25, -0.2) is 4.99 Å². The predicted molar refractivity (Wildman–Crippen MR) is 95.8 cm³/mol. The number of hydrogen-bond donors (Lipinski definition) is 2. The third-order valence-electron chi connectivity index (χ3n) is 3.80. The van der Waals surface area contributed by atoms with Crippen LogP contribution < -0.4 is 10.6 Å². The molecule has 0 fully saturated rings. The summed E-state index contributed by atoms with van der Waals surface area (Å²) in [7, 11) is 1.97. The number of ether oxygens (including phenoxy) is 1. The smallest absolute Gasteiger partial charge is 0.191 e. The number of unbranched alkanes of at least 4 members (excludes halogenated alkanes) is 1. The average molecular weight is 323 g/mol. The Balaban J connectivity index is 2.41. The molecule has 1 aromatic heterocycles. The molecule has 1 aromatic rings. The van der Waals surface area contributed by atoms with Gasteiger partial charge in [0.2, 0.25) is 0 Å². The molecule has 1 rings (SSSR count). The normalized spacial score (nSPS) is 11.8. The van der Waals surface area contributed by atoms with Crippen molar-refractivity contribution in [3.8, 4) is 0 Å². The summed E-state index contributed by atoms with van der Waals surface area (Å²) in [6, 6.07) is 0. The number of aromatic nitrogens is 2. The van der Waals surface area contributed by atoms with Crippen LogP contribution in [0.15, 0.2) is 4.99 Å². The minimum absolute atomic E-state index is 0.647. The van der Waals surface area contributed by atoms with E-state index in [0.717, 1.165) is 50.8 Å². The number of rotatable bonds is 10. The summed E-state index contributed by atoms with van der Waals surface area (Å²) < 4.78 is 7.48. The third kappa shape index (κ3) is 7.03. The van der Waals surface area contributed by atoms with Crippen LogP contribution in [0.25, 0.3) is 0 Å². The third-order valence-corrected chi connectivity index (χ3v) is 3.80. The van der Waals surface area contributed by atoms with E-state index in [2.05, 4.69) is 41.5 Å². The van der Waals surface area contributed by atoms with Crippen molar-refractivity contribution in [2.75, 3.05) is 26.3 Å². The molecule has 0 aromatic carbocycles. The Morgan fingerprint density at radius 3 is 2.52 bits per heavy atom. The van der Waals surface area contributed by atoms with Gasteiger partial charge in [0.05, 0.1) is 12.2 Å². The standard InChI is InChI=1S/C17H33N5O/c1-6-8-11-23-12-9-10-19-17(18-7-2)20-13-16-14(3)21-22(5)15(16)4/h6-13H2,1-5H3,(H2,18,19,20). The molecule has 0 unspecified atom stereocenters. The number of guanidine groups is 1. The highest BCUT2D eigenvalue weighted by Gasteiger charge is 2.08. The molecular formula is C17H33N5O. The molecule has 0 atom stereocenters. The van der Waals surface area contributed by atoms with E-state index in [0.29, 0.717) is 6.54 Å². The summed E-state index contributed by atoms with van der Waals surface area (Å²) in [5, 5.41) is 11.1. The van der Waals surface area contributed by atoms with Crippen LogP contribution in [-0.4, -0.2) is 42.0 Å². The first-order chi connectivity index (χ1) is 11.1. The van der Waals surface area contributed by atoms with Crippen molar-refractivity contribution in [2.45, 2.75) is 53.5 Å². The van der Waals surface area contributed by atoms with Crippen molar-refractivity contribution in [1.82, 2.24) is 20.4 Å². The Kier molecular flexibility index (Phi) is 9.36. The van der Waals surface area contributed by atoms with Crippen molar-refractivity contribution in [3.63, 3.8) is 0 Å². The number of aryl methyl sites for hydroxylation is 2. The molecule has 0 aliphatic heterocycles. The van der Waals surface area contributed by atoms with Gasteiger partial charge in [0.1, 0.15) is 0 Å². The summed E-state index contributed by atoms with van der Waals surface area (Å²) in [6.07, 6.45) is 3.31. The minimum Gasteiger partial charge on any atom is -0.381 e. The van der Waals surface area contributed by atoms with Crippen LogP contribution >= 0.6 is 0 Å². The molecule has 23 heavy (non-hydrogen) atoms. The lowest BCUT2D eigenvalue weighted by Gasteiger charge is -2.11. The summed E-state index contributed by atoms with van der Waals surface area (Å²) in [6.45, 7) is 12.4. The van der Waals surface area contributed by atoms with E-state index in [4.69, 9.17) is 4.74 Å². The zero-order chi connectivity index (χ0) is 17.1. The maximum atomic E-state index is 5.57. The average Bonchev–Trinajstić information content (AvgIpc) is 2.77. The largest absolute Gasteiger partial charge is 0.381 e. The minimum atomic E-state index is 0.647. The highest BCUT2D eigenvalue weighted by Crippen LogP contribution is 2.12. The number of nitrogens with zero attached hydrogens (tertiary/aromatic N) is 3. The molecular weight excluding hydrogens is 290 g/mol. The number of hydrogen-bond acceptors (Lipinski definition) is 3. The summed E-state index contributed by atoms with van der Waals surface area (Å²) in [4.78, 5) is 4.67. The zero-order valence-electron chi connectivity index (χ0n) is 15.4. The number of nitrogens with one attached hydrogen (secondary N) is 2. The van der Waals surface area contributed by atoms with Gasteiger partial charge in [-0.3, -0.25) is 4.68 Å². The monoisotopic (exact) mass is 323 g/mol. The second kappa shape index (κ2) is 11.0. The highest BCUT2D eigenvalue weighted by atomic mass is 16.5. The van der Waals surface area contributed by atoms with E-state index in [1.807, 2.05) is 18.7 Å². The van der Waals surface area contributed by atoms with Gasteiger partial charge in [-0.2, -0.15) is 5.10 Å². The quantitative estimate of drug-likeness (QED) is 0.394. The van der Waals surface area contributed by atoms with Gasteiger partial charge in [-0.05, 0) is 33.6 Å². The number of aliphatic imine (C=N–C) groups is 1. The molecule has 0 aliphatic rings. The SMILES string of the molecule is CCCCOCCCNC(=NCc1c(C)nn(C)c1C)NCC. The van der Waals surface area contributed by atoms with Crippen LogP contribution in [0.1, 0.15) is 50.1 Å². The van der Waals surface area contributed by atoms with Crippen LogP contribution in [0.5, 0.6) is 0 Å². The second-order valence-corrected chi connectivity index (χ2v) is 5.71. The lowest BCUT2D eigenvalue weighted by Crippen LogP contribution is -2.38. The predicted octanol–water partition coefficient (Wildman–Crippen LogP) is 2.30. The highest BCUT2D eigenvalue weighted by molar-refractivity contribution is 5.79. The summed E-state index contributed by atoms with van der Waals surface area (Å²) in [5.74, 6) is 0.851. The molecule has 0 radical (unpaired) electrons. The molecule has 6 nitrogen and oxygen atoms in total. The Hall–Kier alpha value is -1.56. The molecule has 2 N–H and O–H groups in total. The Morgan fingerprint density at radius 2 is 1.91 bits per heavy atom. The van der Waals surface area contributed by atoms with Crippen molar-refractivity contribution in [3.05, 3.63) is 17.0 Å². The molecule has 132 valence electrons. The molecule has 0 aliphatic carbocycles. The van der Waals surface area contributed by atoms with Crippen LogP contribution in [0.3, 0.4) is 0 Å². The Bertz CT molecular complexity index is 482. The topological polar surface area (TPSA) is 63.5 Å². The second-order valence-electron chi connectivity index (χ2n) is 5.71. The van der Waals surface area contributed by atoms with Crippen molar-refractivity contribution in [2.24, 2.45) is 12.0 Å². The van der Waals surface area contributed by atoms with E-state index in [1.165, 1.54) is 17.7 Å². The first-order valence-corrected chi connectivity index (χ1v) is 8.69. The van der Waals surface area contributed by atoms with E-state index < -0.39 is 0 Å². The van der Waals surface area contributed by atoms with Gasteiger partial charge in [-0.15, -0.1) is 0 Å². The fraction of sp³-hybridized carbons (Fsp3) is 0.765. The molecule has 0 amide bonds. The van der Waals surface area contributed by atoms with Crippen LogP contribution in [0, 0.1) is 13.8 Å². The van der Waals surface area contributed by atoms with Crippen LogP contribution in [-0.2, 0) is 18.3 Å². The molecule has 1 heterocycles. The molecule has 6 heteroatoms. The van der Waals surface area contributed by atoms with Crippen molar-refractivity contribution < 1.29 is 4.74 Å². The summed E-state index contributed by atoms with van der Waals surface area (Å²) >= 11 is 0. The summed E-state index contributed by atoms with van der Waals surface area (Å²) in [5.41, 5.74) is 3.42. The molecule has 0 bridgehead atoms. The molecule has 0 saturated carbocycles. The fourth-order valence-corrected chi connectivity index (χ4v) is 2.28. The van der Waals surface area contributed by atoms with E-state index in [9.17, 15) is 0 Å². The van der Waals surface area contributed by atoms with Crippen molar-refractivity contribution in [1.29, 1.82) is 0 Å². The van der Waals surface area contributed by atoms with Gasteiger partial charge < -0.3 is 15.4 Å². The van der Waals surface area contributed by atoms with Gasteiger partial charge in [0.25, 0.3) is 0 Å². The zero-order valence-corrected chi connectivity index (χ0v) is 15.4. The van der Waals surface area contributed by atoms with Gasteiger partial charge in [-0.1, -0.05) is 13.3 Å². The van der Waals surface area contributed by atoms with Gasteiger partial charge in [0.15, 0.2) is 5.96 Å². The van der Waals surface area contributed by atoms with E-state index >= 15 is 0 Å². The van der Waals surface area contributed by atoms with Gasteiger partial charge in [0, 0.05) is 44.6 Å². The lowest BCUT2D eigenvalue weighted by molar-refractivity contribution is 0.129. The maximum Gasteiger partial charge on any atom is 0.191 e. The first-order valence-electron chi connectivity index (χ1n) is 8.69. The lowest BCUT2D eigenvalue weighted by atomic mass is 10.2. The maximum absolute atomic E-state index is 5.57. The van der Waals surface area contributed by atoms with E-state index in [1.54, 1.807) is 0 Å². The van der Waals surface area contributed by atoms with Crippen LogP contribution in [0.2, 0.25) is 0 Å². The van der Waals surface area contributed by atoms with Gasteiger partial charge >= 0.3 is 0 Å². The Morgan fingerprint density at radius 1 is 1.17 bits per heavy atom. The fourth-order valence-electron chi connectivity index (χ4n) is 2.28. The Labute approximate surface area is 140 Å². The van der Waals surface area contributed by atoms with E-state index in [-0.39, 0.29) is 0 Å². The van der Waals surface area contributed by atoms with Crippen molar-refractivity contribution >= 4 is 5.96 Å².